The van der Waals surface area contributed by atoms with Gasteiger partial charge in [-0.2, -0.15) is 0 Å². The number of carbonyl (C=O) groups excluding carboxylic acids is 2. The van der Waals surface area contributed by atoms with Gasteiger partial charge in [0.2, 0.25) is 0 Å². The molecule has 7 heteroatoms. The van der Waals surface area contributed by atoms with E-state index in [1.807, 2.05) is 30.3 Å². The van der Waals surface area contributed by atoms with E-state index in [1.165, 1.54) is 6.92 Å². The molecule has 0 aliphatic heterocycles. The first kappa shape index (κ1) is 18.3. The summed E-state index contributed by atoms with van der Waals surface area (Å²) in [6.45, 7) is 4.92. The Hall–Kier alpha value is -3.48. The van der Waals surface area contributed by atoms with E-state index in [1.54, 1.807) is 32.0 Å². The van der Waals surface area contributed by atoms with Crippen molar-refractivity contribution in [2.24, 2.45) is 0 Å². The van der Waals surface area contributed by atoms with Crippen LogP contribution in [0.25, 0.3) is 11.3 Å². The van der Waals surface area contributed by atoms with Crippen LogP contribution >= 0.6 is 0 Å². The van der Waals surface area contributed by atoms with Crippen LogP contribution in [0.3, 0.4) is 0 Å². The molecule has 27 heavy (non-hydrogen) atoms. The summed E-state index contributed by atoms with van der Waals surface area (Å²) in [6, 6.07) is 14.6. The van der Waals surface area contributed by atoms with Gasteiger partial charge in [0.05, 0.1) is 17.0 Å². The SMILES string of the molecule is Cc1cc(NC(=O)[C@@H](C)OC(=O)c2ccc(-c3ccccc3)nc2C)no1. The van der Waals surface area contributed by atoms with Gasteiger partial charge in [-0.25, -0.2) is 4.79 Å². The Bertz CT molecular complexity index is 966. The number of anilines is 1. The predicted molar refractivity (Wildman–Crippen MR) is 99.2 cm³/mol. The number of carbonyl (C=O) groups is 2. The van der Waals surface area contributed by atoms with E-state index in [0.29, 0.717) is 17.0 Å². The number of hydrogen-bond acceptors (Lipinski definition) is 6. The van der Waals surface area contributed by atoms with Gasteiger partial charge < -0.3 is 14.6 Å². The third kappa shape index (κ3) is 4.38. The molecule has 1 atom stereocenters. The summed E-state index contributed by atoms with van der Waals surface area (Å²) < 4.78 is 10.1. The zero-order valence-electron chi connectivity index (χ0n) is 15.2. The Morgan fingerprint density at radius 3 is 2.48 bits per heavy atom. The van der Waals surface area contributed by atoms with E-state index in [4.69, 9.17) is 9.26 Å². The summed E-state index contributed by atoms with van der Waals surface area (Å²) in [4.78, 5) is 29.0. The summed E-state index contributed by atoms with van der Waals surface area (Å²) in [5.74, 6) is -0.276. The van der Waals surface area contributed by atoms with Crippen LogP contribution in [0, 0.1) is 13.8 Å². The van der Waals surface area contributed by atoms with Crippen LogP contribution < -0.4 is 5.32 Å². The fourth-order valence-corrected chi connectivity index (χ4v) is 2.48. The monoisotopic (exact) mass is 365 g/mol. The lowest BCUT2D eigenvalue weighted by molar-refractivity contribution is -0.123. The van der Waals surface area contributed by atoms with Gasteiger partial charge in [-0.05, 0) is 32.9 Å². The van der Waals surface area contributed by atoms with Crippen LogP contribution in [0.15, 0.2) is 53.1 Å². The second-order valence-corrected chi connectivity index (χ2v) is 6.06. The number of nitrogens with one attached hydrogen (secondary N) is 1. The van der Waals surface area contributed by atoms with Gasteiger partial charge in [0.15, 0.2) is 11.9 Å². The highest BCUT2D eigenvalue weighted by Crippen LogP contribution is 2.19. The minimum atomic E-state index is -0.997. The van der Waals surface area contributed by atoms with Gasteiger partial charge in [-0.3, -0.25) is 9.78 Å². The number of benzene rings is 1. The molecule has 138 valence electrons. The van der Waals surface area contributed by atoms with Gasteiger partial charge in [-0.15, -0.1) is 0 Å². The fourth-order valence-electron chi connectivity index (χ4n) is 2.48. The molecule has 2 heterocycles. The van der Waals surface area contributed by atoms with Gasteiger partial charge in [0, 0.05) is 11.6 Å². The molecule has 0 saturated heterocycles. The molecule has 7 nitrogen and oxygen atoms in total. The summed E-state index contributed by atoms with van der Waals surface area (Å²) in [5.41, 5.74) is 2.56. The Kier molecular flexibility index (Phi) is 5.30. The average molecular weight is 365 g/mol. The first-order chi connectivity index (χ1) is 12.9. The van der Waals surface area contributed by atoms with Crippen LogP contribution in [-0.4, -0.2) is 28.1 Å². The van der Waals surface area contributed by atoms with Crippen LogP contribution in [0.1, 0.15) is 28.7 Å². The molecule has 0 bridgehead atoms. The number of nitrogens with zero attached hydrogens (tertiary/aromatic N) is 2. The molecular formula is C20H19N3O4. The molecule has 0 fully saturated rings. The summed E-state index contributed by atoms with van der Waals surface area (Å²) in [7, 11) is 0. The van der Waals surface area contributed by atoms with Crippen molar-refractivity contribution < 1.29 is 18.8 Å². The Labute approximate surface area is 156 Å². The first-order valence-corrected chi connectivity index (χ1v) is 8.42. The van der Waals surface area contributed by atoms with Crippen molar-refractivity contribution in [1.29, 1.82) is 0 Å². The normalized spacial score (nSPS) is 11.7. The molecule has 0 aliphatic carbocycles. The molecule has 2 aromatic heterocycles. The number of esters is 1. The van der Waals surface area contributed by atoms with Crippen LogP contribution in [0.4, 0.5) is 5.82 Å². The predicted octanol–water partition coefficient (Wildman–Crippen LogP) is 3.54. The average Bonchev–Trinajstić information content (AvgIpc) is 3.06. The summed E-state index contributed by atoms with van der Waals surface area (Å²) in [6.07, 6.45) is -0.997. The Morgan fingerprint density at radius 2 is 1.85 bits per heavy atom. The van der Waals surface area contributed by atoms with Crippen LogP contribution in [-0.2, 0) is 9.53 Å². The number of aryl methyl sites for hydroxylation is 2. The van der Waals surface area contributed by atoms with E-state index in [-0.39, 0.29) is 5.82 Å². The molecule has 3 aromatic rings. The third-order valence-electron chi connectivity index (χ3n) is 3.91. The fraction of sp³-hybridized carbons (Fsp3) is 0.200. The van der Waals surface area contributed by atoms with Crippen molar-refractivity contribution in [1.82, 2.24) is 10.1 Å². The zero-order valence-corrected chi connectivity index (χ0v) is 15.2. The lowest BCUT2D eigenvalue weighted by atomic mass is 10.1. The van der Waals surface area contributed by atoms with Gasteiger partial charge >= 0.3 is 5.97 Å². The lowest BCUT2D eigenvalue weighted by Gasteiger charge is -2.13. The van der Waals surface area contributed by atoms with Crippen molar-refractivity contribution in [3.8, 4) is 11.3 Å². The topological polar surface area (TPSA) is 94.3 Å². The first-order valence-electron chi connectivity index (χ1n) is 8.42. The van der Waals surface area contributed by atoms with Gasteiger partial charge in [-0.1, -0.05) is 35.5 Å². The third-order valence-corrected chi connectivity index (χ3v) is 3.91. The molecule has 0 saturated carbocycles. The highest BCUT2D eigenvalue weighted by Gasteiger charge is 2.21. The van der Waals surface area contributed by atoms with E-state index >= 15 is 0 Å². The smallest absolute Gasteiger partial charge is 0.340 e. The number of ether oxygens (including phenoxy) is 1. The van der Waals surface area contributed by atoms with Crippen molar-refractivity contribution in [2.45, 2.75) is 26.9 Å². The van der Waals surface area contributed by atoms with Crippen molar-refractivity contribution in [2.75, 3.05) is 5.32 Å². The minimum absolute atomic E-state index is 0.269. The zero-order chi connectivity index (χ0) is 19.4. The van der Waals surface area contributed by atoms with Gasteiger partial charge in [0.25, 0.3) is 5.91 Å². The van der Waals surface area contributed by atoms with Crippen LogP contribution in [0.2, 0.25) is 0 Å². The molecule has 1 N–H and O–H groups in total. The standard InChI is InChI=1S/C20H19N3O4/c1-12-11-18(23-27-12)22-19(24)14(3)26-20(25)16-9-10-17(21-13(16)2)15-7-5-4-6-8-15/h4-11,14H,1-3H3,(H,22,23,24)/t14-/m1/s1. The molecule has 0 radical (unpaired) electrons. The van der Waals surface area contributed by atoms with E-state index in [0.717, 1.165) is 11.3 Å². The van der Waals surface area contributed by atoms with E-state index in [2.05, 4.69) is 15.5 Å². The second-order valence-electron chi connectivity index (χ2n) is 6.06. The number of pyridine rings is 1. The maximum Gasteiger partial charge on any atom is 0.340 e. The maximum atomic E-state index is 12.4. The van der Waals surface area contributed by atoms with E-state index < -0.39 is 18.0 Å². The quantitative estimate of drug-likeness (QED) is 0.695. The highest BCUT2D eigenvalue weighted by atomic mass is 16.5. The number of rotatable bonds is 5. The number of aromatic nitrogens is 2. The molecule has 3 rings (SSSR count). The van der Waals surface area contributed by atoms with E-state index in [9.17, 15) is 9.59 Å². The molecule has 1 aromatic carbocycles. The number of hydrogen-bond donors (Lipinski definition) is 1. The molecule has 0 spiro atoms. The summed E-state index contributed by atoms with van der Waals surface area (Å²) >= 11 is 0. The van der Waals surface area contributed by atoms with Gasteiger partial charge in [0.1, 0.15) is 5.76 Å². The largest absolute Gasteiger partial charge is 0.449 e. The number of amides is 1. The minimum Gasteiger partial charge on any atom is -0.449 e. The molecule has 0 aliphatic rings. The summed E-state index contributed by atoms with van der Waals surface area (Å²) in [5, 5.41) is 6.20. The lowest BCUT2D eigenvalue weighted by Crippen LogP contribution is -2.30. The Morgan fingerprint density at radius 1 is 1.11 bits per heavy atom. The highest BCUT2D eigenvalue weighted by molar-refractivity contribution is 5.97. The van der Waals surface area contributed by atoms with Crippen molar-refractivity contribution in [3.63, 3.8) is 0 Å². The van der Waals surface area contributed by atoms with Crippen molar-refractivity contribution >= 4 is 17.7 Å². The van der Waals surface area contributed by atoms with Crippen LogP contribution in [0.5, 0.6) is 0 Å². The molecule has 1 amide bonds. The maximum absolute atomic E-state index is 12.4. The molecular weight excluding hydrogens is 346 g/mol. The second kappa shape index (κ2) is 7.82. The Balaban J connectivity index is 1.67. The molecule has 0 unspecified atom stereocenters. The van der Waals surface area contributed by atoms with Crippen molar-refractivity contribution in [3.05, 3.63) is 65.5 Å².